The summed E-state index contributed by atoms with van der Waals surface area (Å²) in [6.07, 6.45) is 0.239. The van der Waals surface area contributed by atoms with E-state index in [0.29, 0.717) is 5.69 Å². The second-order valence-corrected chi connectivity index (χ2v) is 6.15. The minimum atomic E-state index is -3.54. The first-order valence-electron chi connectivity index (χ1n) is 6.23. The molecule has 20 heavy (non-hydrogen) atoms. The Hall–Kier alpha value is -1.63. The van der Waals surface area contributed by atoms with Crippen molar-refractivity contribution in [2.24, 2.45) is 0 Å². The average molecular weight is 303 g/mol. The monoisotopic (exact) mass is 303 g/mol. The smallest absolute Gasteiger partial charge is 0.305 e. The summed E-state index contributed by atoms with van der Waals surface area (Å²) in [5, 5.41) is 0. The van der Waals surface area contributed by atoms with Crippen LogP contribution in [-0.4, -0.2) is 33.8 Å². The van der Waals surface area contributed by atoms with Gasteiger partial charge in [-0.2, -0.15) is 0 Å². The van der Waals surface area contributed by atoms with E-state index >= 15 is 0 Å². The lowest BCUT2D eigenvalue weighted by atomic mass is 10.3. The van der Waals surface area contributed by atoms with Gasteiger partial charge in [0.2, 0.25) is 10.0 Å². The van der Waals surface area contributed by atoms with Gasteiger partial charge in [-0.15, -0.1) is 0 Å². The van der Waals surface area contributed by atoms with Crippen molar-refractivity contribution >= 4 is 21.7 Å². The van der Waals surface area contributed by atoms with Crippen LogP contribution >= 0.6 is 0 Å². The second-order valence-electron chi connectivity index (χ2n) is 4.14. The highest BCUT2D eigenvalue weighted by atomic mass is 32.2. The van der Waals surface area contributed by atoms with Gasteiger partial charge in [-0.1, -0.05) is 0 Å². The number of hydrogen-bond donors (Lipinski definition) is 0. The molecule has 0 unspecified atom stereocenters. The van der Waals surface area contributed by atoms with Crippen molar-refractivity contribution in [2.45, 2.75) is 19.8 Å². The number of hydrogen-bond acceptors (Lipinski definition) is 4. The lowest BCUT2D eigenvalue weighted by Gasteiger charge is -2.22. The standard InChI is InChI=1S/C13H18FNO4S/c1-3-15(12-8-6-11(14)7-9-12)20(17,18)10-4-5-13(16)19-2/h6-9H,3-5,10H2,1-2H3. The van der Waals surface area contributed by atoms with Gasteiger partial charge in [-0.25, -0.2) is 12.8 Å². The number of anilines is 1. The Morgan fingerprint density at radius 2 is 1.90 bits per heavy atom. The molecule has 0 bridgehead atoms. The van der Waals surface area contributed by atoms with E-state index in [4.69, 9.17) is 0 Å². The maximum absolute atomic E-state index is 12.9. The van der Waals surface area contributed by atoms with E-state index in [1.165, 1.54) is 35.7 Å². The van der Waals surface area contributed by atoms with Gasteiger partial charge in [-0.05, 0) is 37.6 Å². The van der Waals surface area contributed by atoms with E-state index in [9.17, 15) is 17.6 Å². The summed E-state index contributed by atoms with van der Waals surface area (Å²) < 4.78 is 42.9. The molecular weight excluding hydrogens is 285 g/mol. The van der Waals surface area contributed by atoms with E-state index in [2.05, 4.69) is 4.74 Å². The Morgan fingerprint density at radius 3 is 2.40 bits per heavy atom. The number of sulfonamides is 1. The second kappa shape index (κ2) is 7.23. The lowest BCUT2D eigenvalue weighted by Crippen LogP contribution is -2.33. The Morgan fingerprint density at radius 1 is 1.30 bits per heavy atom. The molecule has 0 N–H and O–H groups in total. The van der Waals surface area contributed by atoms with Crippen molar-refractivity contribution in [1.82, 2.24) is 0 Å². The van der Waals surface area contributed by atoms with Crippen LogP contribution in [0.4, 0.5) is 10.1 Å². The van der Waals surface area contributed by atoms with Gasteiger partial charge in [0, 0.05) is 13.0 Å². The van der Waals surface area contributed by atoms with Crippen LogP contribution in [-0.2, 0) is 19.6 Å². The molecule has 0 heterocycles. The molecule has 7 heteroatoms. The van der Waals surface area contributed by atoms with Crippen molar-refractivity contribution in [3.63, 3.8) is 0 Å². The predicted molar refractivity (Wildman–Crippen MR) is 74.5 cm³/mol. The molecule has 0 amide bonds. The molecule has 0 atom stereocenters. The third kappa shape index (κ3) is 4.48. The fraction of sp³-hybridized carbons (Fsp3) is 0.462. The summed E-state index contributed by atoms with van der Waals surface area (Å²) in [6.45, 7) is 1.94. The third-order valence-electron chi connectivity index (χ3n) is 2.75. The van der Waals surface area contributed by atoms with Crippen molar-refractivity contribution in [1.29, 1.82) is 0 Å². The zero-order valence-electron chi connectivity index (χ0n) is 11.5. The van der Waals surface area contributed by atoms with E-state index < -0.39 is 21.8 Å². The Bertz CT molecular complexity index is 542. The van der Waals surface area contributed by atoms with E-state index in [1.807, 2.05) is 0 Å². The first kappa shape index (κ1) is 16.4. The summed E-state index contributed by atoms with van der Waals surface area (Å²) in [6, 6.07) is 5.25. The lowest BCUT2D eigenvalue weighted by molar-refractivity contribution is -0.140. The topological polar surface area (TPSA) is 63.7 Å². The molecule has 0 aromatic heterocycles. The van der Waals surface area contributed by atoms with Crippen LogP contribution in [0.1, 0.15) is 19.8 Å². The largest absolute Gasteiger partial charge is 0.469 e. The van der Waals surface area contributed by atoms with Crippen molar-refractivity contribution in [2.75, 3.05) is 23.7 Å². The molecule has 1 rings (SSSR count). The summed E-state index contributed by atoms with van der Waals surface area (Å²) in [7, 11) is -2.28. The normalized spacial score (nSPS) is 11.2. The molecule has 1 aromatic carbocycles. The van der Waals surface area contributed by atoms with Gasteiger partial charge < -0.3 is 4.74 Å². The SMILES string of the molecule is CCN(c1ccc(F)cc1)S(=O)(=O)CCCC(=O)OC. The molecule has 0 radical (unpaired) electrons. The summed E-state index contributed by atoms with van der Waals surface area (Å²) in [5.41, 5.74) is 0.409. The molecule has 0 saturated heterocycles. The minimum absolute atomic E-state index is 0.0523. The summed E-state index contributed by atoms with van der Waals surface area (Å²) in [5.74, 6) is -1.02. The number of methoxy groups -OCH3 is 1. The number of benzene rings is 1. The van der Waals surface area contributed by atoms with Gasteiger partial charge in [0.05, 0.1) is 18.6 Å². The maximum Gasteiger partial charge on any atom is 0.305 e. The molecule has 0 saturated carbocycles. The minimum Gasteiger partial charge on any atom is -0.469 e. The molecule has 0 aliphatic heterocycles. The molecular formula is C13H18FNO4S. The molecule has 0 fully saturated rings. The highest BCUT2D eigenvalue weighted by molar-refractivity contribution is 7.92. The highest BCUT2D eigenvalue weighted by Gasteiger charge is 2.21. The van der Waals surface area contributed by atoms with Crippen LogP contribution < -0.4 is 4.31 Å². The van der Waals surface area contributed by atoms with Crippen LogP contribution in [0.15, 0.2) is 24.3 Å². The van der Waals surface area contributed by atoms with Gasteiger partial charge in [0.15, 0.2) is 0 Å². The van der Waals surface area contributed by atoms with E-state index in [-0.39, 0.29) is 25.1 Å². The fourth-order valence-electron chi connectivity index (χ4n) is 1.76. The first-order valence-corrected chi connectivity index (χ1v) is 7.84. The van der Waals surface area contributed by atoms with E-state index in [0.717, 1.165) is 0 Å². The zero-order chi connectivity index (χ0) is 15.2. The van der Waals surface area contributed by atoms with Crippen molar-refractivity contribution in [3.05, 3.63) is 30.1 Å². The third-order valence-corrected chi connectivity index (χ3v) is 4.69. The first-order chi connectivity index (χ1) is 9.40. The fourth-order valence-corrected chi connectivity index (χ4v) is 3.32. The Kier molecular flexibility index (Phi) is 5.94. The van der Waals surface area contributed by atoms with Gasteiger partial charge in [-0.3, -0.25) is 9.10 Å². The number of carbonyl (C=O) groups is 1. The number of esters is 1. The van der Waals surface area contributed by atoms with Crippen LogP contribution in [0.25, 0.3) is 0 Å². The van der Waals surface area contributed by atoms with Crippen molar-refractivity contribution < 1.29 is 22.3 Å². The number of carbonyl (C=O) groups excluding carboxylic acids is 1. The molecule has 0 spiro atoms. The van der Waals surface area contributed by atoms with Gasteiger partial charge >= 0.3 is 5.97 Å². The molecule has 0 aliphatic carbocycles. The predicted octanol–water partition coefficient (Wildman–Crippen LogP) is 1.94. The number of rotatable bonds is 7. The summed E-state index contributed by atoms with van der Waals surface area (Å²) >= 11 is 0. The van der Waals surface area contributed by atoms with Crippen LogP contribution in [0.5, 0.6) is 0 Å². The average Bonchev–Trinajstić information content (AvgIpc) is 2.41. The van der Waals surface area contributed by atoms with Crippen LogP contribution in [0.2, 0.25) is 0 Å². The highest BCUT2D eigenvalue weighted by Crippen LogP contribution is 2.19. The maximum atomic E-state index is 12.9. The zero-order valence-corrected chi connectivity index (χ0v) is 12.3. The molecule has 1 aromatic rings. The number of halogens is 1. The Labute approximate surface area is 118 Å². The van der Waals surface area contributed by atoms with Gasteiger partial charge in [0.1, 0.15) is 5.82 Å². The van der Waals surface area contributed by atoms with Crippen LogP contribution in [0, 0.1) is 5.82 Å². The number of ether oxygens (including phenoxy) is 1. The molecule has 0 aliphatic rings. The Balaban J connectivity index is 2.77. The molecule has 5 nitrogen and oxygen atoms in total. The van der Waals surface area contributed by atoms with Crippen molar-refractivity contribution in [3.8, 4) is 0 Å². The summed E-state index contributed by atoms with van der Waals surface area (Å²) in [4.78, 5) is 11.0. The van der Waals surface area contributed by atoms with Gasteiger partial charge in [0.25, 0.3) is 0 Å². The number of nitrogens with zero attached hydrogens (tertiary/aromatic N) is 1. The van der Waals surface area contributed by atoms with E-state index in [1.54, 1.807) is 6.92 Å². The molecule has 112 valence electrons. The van der Waals surface area contributed by atoms with Crippen LogP contribution in [0.3, 0.4) is 0 Å². The quantitative estimate of drug-likeness (QED) is 0.722.